The molecule has 0 aliphatic heterocycles. The molecule has 0 aliphatic carbocycles. The number of carbonyl (C=O) groups is 1. The van der Waals surface area contributed by atoms with Gasteiger partial charge >= 0.3 is 0 Å². The highest BCUT2D eigenvalue weighted by Crippen LogP contribution is 2.23. The standard InChI is InChI=1S/C19H17F2N3O2S/c1-11-5-3-4-6-14(11)18-23-17(26-24-18)10-27-12(2)19(25)22-16-8-7-13(20)9-15(16)21/h3-9,12H,10H2,1-2H3,(H,22,25). The number of thioether (sulfide) groups is 1. The molecule has 0 spiro atoms. The summed E-state index contributed by atoms with van der Waals surface area (Å²) in [4.78, 5) is 16.5. The van der Waals surface area contributed by atoms with Gasteiger partial charge in [-0.2, -0.15) is 4.98 Å². The summed E-state index contributed by atoms with van der Waals surface area (Å²) in [6.07, 6.45) is 0. The van der Waals surface area contributed by atoms with E-state index in [4.69, 9.17) is 4.52 Å². The number of nitrogens with zero attached hydrogens (tertiary/aromatic N) is 2. The molecule has 1 amide bonds. The van der Waals surface area contributed by atoms with Crippen molar-refractivity contribution in [1.29, 1.82) is 0 Å². The number of halogens is 2. The molecule has 1 N–H and O–H groups in total. The van der Waals surface area contributed by atoms with Crippen molar-refractivity contribution in [3.05, 3.63) is 65.6 Å². The van der Waals surface area contributed by atoms with Crippen molar-refractivity contribution in [3.8, 4) is 11.4 Å². The van der Waals surface area contributed by atoms with Crippen molar-refractivity contribution < 1.29 is 18.1 Å². The van der Waals surface area contributed by atoms with E-state index in [2.05, 4.69) is 15.5 Å². The van der Waals surface area contributed by atoms with Gasteiger partial charge in [-0.1, -0.05) is 29.4 Å². The van der Waals surface area contributed by atoms with Crippen molar-refractivity contribution in [1.82, 2.24) is 10.1 Å². The van der Waals surface area contributed by atoms with E-state index < -0.39 is 22.8 Å². The van der Waals surface area contributed by atoms with Crippen LogP contribution in [0.25, 0.3) is 11.4 Å². The van der Waals surface area contributed by atoms with Gasteiger partial charge in [-0.15, -0.1) is 11.8 Å². The fourth-order valence-corrected chi connectivity index (χ4v) is 3.06. The van der Waals surface area contributed by atoms with Gasteiger partial charge < -0.3 is 9.84 Å². The lowest BCUT2D eigenvalue weighted by molar-refractivity contribution is -0.115. The number of carbonyl (C=O) groups excluding carboxylic acids is 1. The molecule has 1 atom stereocenters. The van der Waals surface area contributed by atoms with Crippen molar-refractivity contribution in [2.45, 2.75) is 24.9 Å². The number of anilines is 1. The largest absolute Gasteiger partial charge is 0.338 e. The molecule has 3 aromatic rings. The summed E-state index contributed by atoms with van der Waals surface area (Å²) in [5.74, 6) is -0.697. The Morgan fingerprint density at radius 3 is 2.78 bits per heavy atom. The van der Waals surface area contributed by atoms with Crippen LogP contribution in [0.4, 0.5) is 14.5 Å². The minimum Gasteiger partial charge on any atom is -0.338 e. The van der Waals surface area contributed by atoms with E-state index in [-0.39, 0.29) is 5.69 Å². The number of aryl methyl sites for hydroxylation is 1. The lowest BCUT2D eigenvalue weighted by Crippen LogP contribution is -2.23. The molecule has 0 bridgehead atoms. The van der Waals surface area contributed by atoms with Gasteiger partial charge in [0, 0.05) is 11.6 Å². The maximum Gasteiger partial charge on any atom is 0.237 e. The monoisotopic (exact) mass is 389 g/mol. The summed E-state index contributed by atoms with van der Waals surface area (Å²) in [6.45, 7) is 3.64. The summed E-state index contributed by atoms with van der Waals surface area (Å²) >= 11 is 1.27. The average molecular weight is 389 g/mol. The third-order valence-electron chi connectivity index (χ3n) is 3.87. The van der Waals surface area contributed by atoms with E-state index in [9.17, 15) is 13.6 Å². The molecule has 0 aliphatic rings. The van der Waals surface area contributed by atoms with Crippen LogP contribution in [0.1, 0.15) is 18.4 Å². The number of hydrogen-bond acceptors (Lipinski definition) is 5. The number of rotatable bonds is 6. The summed E-state index contributed by atoms with van der Waals surface area (Å²) in [5, 5.41) is 5.92. The lowest BCUT2D eigenvalue weighted by atomic mass is 10.1. The minimum atomic E-state index is -0.819. The molecule has 1 heterocycles. The van der Waals surface area contributed by atoms with E-state index in [0.717, 1.165) is 23.3 Å². The van der Waals surface area contributed by atoms with Gasteiger partial charge in [-0.05, 0) is 31.5 Å². The highest BCUT2D eigenvalue weighted by atomic mass is 32.2. The van der Waals surface area contributed by atoms with E-state index in [0.29, 0.717) is 17.5 Å². The van der Waals surface area contributed by atoms with Crippen molar-refractivity contribution >= 4 is 23.4 Å². The first-order valence-electron chi connectivity index (χ1n) is 8.20. The maximum atomic E-state index is 13.6. The maximum absolute atomic E-state index is 13.6. The molecule has 27 heavy (non-hydrogen) atoms. The van der Waals surface area contributed by atoms with Gasteiger partial charge in [0.05, 0.1) is 16.7 Å². The van der Waals surface area contributed by atoms with Crippen molar-refractivity contribution in [2.75, 3.05) is 5.32 Å². The lowest BCUT2D eigenvalue weighted by Gasteiger charge is -2.11. The van der Waals surface area contributed by atoms with Crippen LogP contribution in [-0.2, 0) is 10.5 Å². The Hall–Kier alpha value is -2.74. The summed E-state index contributed by atoms with van der Waals surface area (Å²) < 4.78 is 31.8. The van der Waals surface area contributed by atoms with Crippen LogP contribution in [0.3, 0.4) is 0 Å². The van der Waals surface area contributed by atoms with E-state index in [1.165, 1.54) is 17.8 Å². The van der Waals surface area contributed by atoms with Crippen LogP contribution >= 0.6 is 11.8 Å². The third kappa shape index (κ3) is 4.71. The van der Waals surface area contributed by atoms with E-state index in [1.807, 2.05) is 31.2 Å². The second-order valence-electron chi connectivity index (χ2n) is 5.89. The Bertz CT molecular complexity index is 962. The second kappa shape index (κ2) is 8.30. The van der Waals surface area contributed by atoms with Gasteiger partial charge in [0.15, 0.2) is 0 Å². The third-order valence-corrected chi connectivity index (χ3v) is 5.00. The number of benzene rings is 2. The fourth-order valence-electron chi connectivity index (χ4n) is 2.34. The molecule has 3 rings (SSSR count). The predicted octanol–water partition coefficient (Wildman–Crippen LogP) is 4.58. The highest BCUT2D eigenvalue weighted by molar-refractivity contribution is 7.99. The first-order valence-corrected chi connectivity index (χ1v) is 9.25. The number of hydrogen-bond donors (Lipinski definition) is 1. The molecule has 0 fully saturated rings. The van der Waals surface area contributed by atoms with Crippen molar-refractivity contribution in [3.63, 3.8) is 0 Å². The smallest absolute Gasteiger partial charge is 0.237 e. The fraction of sp³-hybridized carbons (Fsp3) is 0.211. The van der Waals surface area contributed by atoms with Gasteiger partial charge in [0.1, 0.15) is 11.6 Å². The van der Waals surface area contributed by atoms with Crippen LogP contribution in [-0.4, -0.2) is 21.3 Å². The van der Waals surface area contributed by atoms with Gasteiger partial charge in [-0.25, -0.2) is 8.78 Å². The zero-order valence-corrected chi connectivity index (χ0v) is 15.5. The molecular formula is C19H17F2N3O2S. The van der Waals surface area contributed by atoms with E-state index in [1.54, 1.807) is 6.92 Å². The Balaban J connectivity index is 1.58. The first-order chi connectivity index (χ1) is 12.9. The normalized spacial score (nSPS) is 12.0. The van der Waals surface area contributed by atoms with Gasteiger partial charge in [-0.3, -0.25) is 4.79 Å². The Morgan fingerprint density at radius 2 is 2.04 bits per heavy atom. The highest BCUT2D eigenvalue weighted by Gasteiger charge is 2.18. The van der Waals surface area contributed by atoms with Crippen LogP contribution in [0.2, 0.25) is 0 Å². The van der Waals surface area contributed by atoms with Crippen LogP contribution in [0.5, 0.6) is 0 Å². The second-order valence-corrected chi connectivity index (χ2v) is 7.22. The minimum absolute atomic E-state index is 0.0616. The molecule has 0 radical (unpaired) electrons. The number of nitrogens with one attached hydrogen (secondary N) is 1. The quantitative estimate of drug-likeness (QED) is 0.668. The molecular weight excluding hydrogens is 372 g/mol. The SMILES string of the molecule is Cc1ccccc1-c1noc(CSC(C)C(=O)Nc2ccc(F)cc2F)n1. The molecule has 0 saturated carbocycles. The first kappa shape index (κ1) is 19.0. The van der Waals surface area contributed by atoms with Crippen LogP contribution in [0, 0.1) is 18.6 Å². The number of aromatic nitrogens is 2. The van der Waals surface area contributed by atoms with Crippen LogP contribution < -0.4 is 5.32 Å². The average Bonchev–Trinajstić information content (AvgIpc) is 3.11. The summed E-state index contributed by atoms with van der Waals surface area (Å²) in [5.41, 5.74) is 1.86. The molecule has 1 unspecified atom stereocenters. The molecule has 2 aromatic carbocycles. The molecule has 0 saturated heterocycles. The summed E-state index contributed by atoms with van der Waals surface area (Å²) in [7, 11) is 0. The van der Waals surface area contributed by atoms with Gasteiger partial charge in [0.2, 0.25) is 17.6 Å². The molecule has 5 nitrogen and oxygen atoms in total. The van der Waals surface area contributed by atoms with E-state index >= 15 is 0 Å². The van der Waals surface area contributed by atoms with Crippen LogP contribution in [0.15, 0.2) is 47.0 Å². The zero-order chi connectivity index (χ0) is 19.4. The Morgan fingerprint density at radius 1 is 1.26 bits per heavy atom. The predicted molar refractivity (Wildman–Crippen MR) is 100 cm³/mol. The zero-order valence-electron chi connectivity index (χ0n) is 14.7. The Kier molecular flexibility index (Phi) is 5.85. The topological polar surface area (TPSA) is 68.0 Å². The summed E-state index contributed by atoms with van der Waals surface area (Å²) in [6, 6.07) is 10.7. The molecule has 1 aromatic heterocycles. The molecule has 8 heteroatoms. The van der Waals surface area contributed by atoms with Crippen molar-refractivity contribution in [2.24, 2.45) is 0 Å². The van der Waals surface area contributed by atoms with Gasteiger partial charge in [0.25, 0.3) is 0 Å². The Labute approximate surface area is 159 Å². The molecule has 140 valence electrons. The number of amides is 1.